The second-order valence-corrected chi connectivity index (χ2v) is 5.22. The van der Waals surface area contributed by atoms with Crippen molar-refractivity contribution in [3.8, 4) is 0 Å². The Balaban J connectivity index is 1.94. The Labute approximate surface area is 120 Å². The molecule has 20 heavy (non-hydrogen) atoms. The molecule has 1 aromatic heterocycles. The van der Waals surface area contributed by atoms with E-state index in [4.69, 9.17) is 0 Å². The molecule has 1 aliphatic rings. The Bertz CT molecular complexity index is 441. The molecule has 0 radical (unpaired) electrons. The maximum Gasteiger partial charge on any atom is 0.238 e. The number of nitrogens with one attached hydrogen (secondary N) is 2. The first-order valence-electron chi connectivity index (χ1n) is 7.01. The highest BCUT2D eigenvalue weighted by Crippen LogP contribution is 2.21. The van der Waals surface area contributed by atoms with E-state index < -0.39 is 0 Å². The van der Waals surface area contributed by atoms with Crippen LogP contribution in [0.4, 0.5) is 11.4 Å². The largest absolute Gasteiger partial charge is 0.376 e. The number of hydrogen-bond donors (Lipinski definition) is 2. The van der Waals surface area contributed by atoms with Crippen LogP contribution in [0.5, 0.6) is 0 Å². The van der Waals surface area contributed by atoms with Gasteiger partial charge in [0.05, 0.1) is 24.1 Å². The number of carbonyl (C=O) groups is 1. The minimum atomic E-state index is 0.0167. The second-order valence-electron chi connectivity index (χ2n) is 5.22. The minimum Gasteiger partial charge on any atom is -0.376 e. The summed E-state index contributed by atoms with van der Waals surface area (Å²) in [6, 6.07) is 1.89. The summed E-state index contributed by atoms with van der Waals surface area (Å²) < 4.78 is 0. The number of hydrogen-bond acceptors (Lipinski definition) is 5. The SMILES string of the molecule is CN(C)c1ccncc1NC(=O)CN1CCCNCC1. The van der Waals surface area contributed by atoms with Crippen LogP contribution in [0, 0.1) is 0 Å². The van der Waals surface area contributed by atoms with Gasteiger partial charge in [0, 0.05) is 33.4 Å². The van der Waals surface area contributed by atoms with Crippen molar-refractivity contribution in [1.29, 1.82) is 0 Å². The Kier molecular flexibility index (Phi) is 5.31. The predicted octanol–water partition coefficient (Wildman–Crippen LogP) is 0.381. The maximum atomic E-state index is 12.1. The van der Waals surface area contributed by atoms with E-state index in [1.165, 1.54) is 0 Å². The van der Waals surface area contributed by atoms with E-state index in [1.54, 1.807) is 12.4 Å². The zero-order valence-corrected chi connectivity index (χ0v) is 12.2. The first-order chi connectivity index (χ1) is 9.66. The summed E-state index contributed by atoms with van der Waals surface area (Å²) >= 11 is 0. The van der Waals surface area contributed by atoms with E-state index in [0.717, 1.165) is 44.0 Å². The maximum absolute atomic E-state index is 12.1. The van der Waals surface area contributed by atoms with Gasteiger partial charge in [-0.15, -0.1) is 0 Å². The second kappa shape index (κ2) is 7.21. The van der Waals surface area contributed by atoms with Gasteiger partial charge in [-0.1, -0.05) is 0 Å². The average molecular weight is 277 g/mol. The van der Waals surface area contributed by atoms with Gasteiger partial charge in [0.15, 0.2) is 0 Å². The van der Waals surface area contributed by atoms with Crippen molar-refractivity contribution >= 4 is 17.3 Å². The topological polar surface area (TPSA) is 60.5 Å². The van der Waals surface area contributed by atoms with Gasteiger partial charge >= 0.3 is 0 Å². The van der Waals surface area contributed by atoms with Crippen molar-refractivity contribution < 1.29 is 4.79 Å². The van der Waals surface area contributed by atoms with Crippen LogP contribution in [0.2, 0.25) is 0 Å². The monoisotopic (exact) mass is 277 g/mol. The third-order valence-corrected chi connectivity index (χ3v) is 3.35. The Hall–Kier alpha value is -1.66. The molecule has 2 heterocycles. The number of anilines is 2. The van der Waals surface area contributed by atoms with E-state index in [0.29, 0.717) is 6.54 Å². The van der Waals surface area contributed by atoms with E-state index in [9.17, 15) is 4.79 Å². The minimum absolute atomic E-state index is 0.0167. The molecule has 6 nitrogen and oxygen atoms in total. The lowest BCUT2D eigenvalue weighted by molar-refractivity contribution is -0.117. The summed E-state index contributed by atoms with van der Waals surface area (Å²) in [6.45, 7) is 4.30. The van der Waals surface area contributed by atoms with Gasteiger partial charge in [-0.05, 0) is 25.6 Å². The summed E-state index contributed by atoms with van der Waals surface area (Å²) in [4.78, 5) is 20.4. The van der Waals surface area contributed by atoms with Gasteiger partial charge in [-0.2, -0.15) is 0 Å². The molecule has 2 rings (SSSR count). The number of nitrogens with zero attached hydrogens (tertiary/aromatic N) is 3. The van der Waals surface area contributed by atoms with Crippen LogP contribution in [0.25, 0.3) is 0 Å². The van der Waals surface area contributed by atoms with Crippen molar-refractivity contribution in [2.24, 2.45) is 0 Å². The summed E-state index contributed by atoms with van der Waals surface area (Å²) in [5.74, 6) is 0.0167. The number of pyridine rings is 1. The highest BCUT2D eigenvalue weighted by Gasteiger charge is 2.14. The molecule has 1 aliphatic heterocycles. The lowest BCUT2D eigenvalue weighted by atomic mass is 10.3. The lowest BCUT2D eigenvalue weighted by Gasteiger charge is -2.20. The van der Waals surface area contributed by atoms with Crippen molar-refractivity contribution in [3.05, 3.63) is 18.5 Å². The highest BCUT2D eigenvalue weighted by molar-refractivity contribution is 5.95. The van der Waals surface area contributed by atoms with Crippen LogP contribution < -0.4 is 15.5 Å². The molecule has 0 spiro atoms. The number of aromatic nitrogens is 1. The third-order valence-electron chi connectivity index (χ3n) is 3.35. The molecule has 0 saturated carbocycles. The Morgan fingerprint density at radius 3 is 3.10 bits per heavy atom. The smallest absolute Gasteiger partial charge is 0.238 e. The lowest BCUT2D eigenvalue weighted by Crippen LogP contribution is -2.35. The molecule has 110 valence electrons. The molecule has 1 amide bonds. The first kappa shape index (κ1) is 14.7. The van der Waals surface area contributed by atoms with Gasteiger partial charge in [-0.3, -0.25) is 14.7 Å². The van der Waals surface area contributed by atoms with Crippen LogP contribution in [-0.2, 0) is 4.79 Å². The standard InChI is InChI=1S/C14H23N5O/c1-18(2)13-4-6-16-10-12(13)17-14(20)11-19-8-3-5-15-7-9-19/h4,6,10,15H,3,5,7-9,11H2,1-2H3,(H,17,20). The summed E-state index contributed by atoms with van der Waals surface area (Å²) in [7, 11) is 3.90. The summed E-state index contributed by atoms with van der Waals surface area (Å²) in [6.07, 6.45) is 4.51. The van der Waals surface area contributed by atoms with Crippen LogP contribution in [-0.4, -0.2) is 62.6 Å². The number of amides is 1. The molecule has 2 N–H and O–H groups in total. The van der Waals surface area contributed by atoms with Crippen LogP contribution in [0.15, 0.2) is 18.5 Å². The predicted molar refractivity (Wildman–Crippen MR) is 81.1 cm³/mol. The third kappa shape index (κ3) is 4.18. The fraction of sp³-hybridized carbons (Fsp3) is 0.571. The molecule has 0 bridgehead atoms. The van der Waals surface area contributed by atoms with Gasteiger partial charge in [0.2, 0.25) is 5.91 Å². The molecule has 6 heteroatoms. The fourth-order valence-corrected chi connectivity index (χ4v) is 2.33. The molecule has 0 unspecified atom stereocenters. The van der Waals surface area contributed by atoms with Gasteiger partial charge in [0.25, 0.3) is 0 Å². The van der Waals surface area contributed by atoms with Crippen molar-refractivity contribution in [1.82, 2.24) is 15.2 Å². The summed E-state index contributed by atoms with van der Waals surface area (Å²) in [5.41, 5.74) is 1.72. The number of carbonyl (C=O) groups excluding carboxylic acids is 1. The highest BCUT2D eigenvalue weighted by atomic mass is 16.2. The molecule has 1 fully saturated rings. The Morgan fingerprint density at radius 1 is 1.45 bits per heavy atom. The molecule has 1 saturated heterocycles. The van der Waals surface area contributed by atoms with Crippen LogP contribution in [0.3, 0.4) is 0 Å². The van der Waals surface area contributed by atoms with Crippen molar-refractivity contribution in [2.45, 2.75) is 6.42 Å². The van der Waals surface area contributed by atoms with Crippen molar-refractivity contribution in [2.75, 3.05) is 57.0 Å². The molecular weight excluding hydrogens is 254 g/mol. The molecule has 0 aromatic carbocycles. The van der Waals surface area contributed by atoms with E-state index in [2.05, 4.69) is 20.5 Å². The van der Waals surface area contributed by atoms with E-state index in [-0.39, 0.29) is 5.91 Å². The molecule has 1 aromatic rings. The normalized spacial score (nSPS) is 16.5. The van der Waals surface area contributed by atoms with Crippen molar-refractivity contribution in [3.63, 3.8) is 0 Å². The van der Waals surface area contributed by atoms with E-state index >= 15 is 0 Å². The summed E-state index contributed by atoms with van der Waals surface area (Å²) in [5, 5.41) is 6.29. The van der Waals surface area contributed by atoms with Gasteiger partial charge in [-0.25, -0.2) is 0 Å². The fourth-order valence-electron chi connectivity index (χ4n) is 2.33. The molecule has 0 atom stereocenters. The van der Waals surface area contributed by atoms with Crippen LogP contribution >= 0.6 is 0 Å². The average Bonchev–Trinajstić information content (AvgIpc) is 2.67. The zero-order valence-electron chi connectivity index (χ0n) is 12.2. The molecular formula is C14H23N5O. The van der Waals surface area contributed by atoms with E-state index in [1.807, 2.05) is 25.1 Å². The quantitative estimate of drug-likeness (QED) is 0.833. The van der Waals surface area contributed by atoms with Gasteiger partial charge in [0.1, 0.15) is 0 Å². The zero-order chi connectivity index (χ0) is 14.4. The molecule has 0 aliphatic carbocycles. The Morgan fingerprint density at radius 2 is 2.30 bits per heavy atom. The van der Waals surface area contributed by atoms with Crippen LogP contribution in [0.1, 0.15) is 6.42 Å². The number of rotatable bonds is 4. The van der Waals surface area contributed by atoms with Gasteiger partial charge < -0.3 is 15.5 Å². The first-order valence-corrected chi connectivity index (χ1v) is 7.01.